The summed E-state index contributed by atoms with van der Waals surface area (Å²) in [6, 6.07) is 16.4. The van der Waals surface area contributed by atoms with Crippen molar-refractivity contribution in [3.05, 3.63) is 65.4 Å². The molecule has 3 heterocycles. The van der Waals surface area contributed by atoms with Gasteiger partial charge in [-0.3, -0.25) is 4.79 Å². The zero-order chi connectivity index (χ0) is 26.6. The third-order valence-electron chi connectivity index (χ3n) is 7.75. The van der Waals surface area contributed by atoms with Crippen molar-refractivity contribution in [1.82, 2.24) is 15.2 Å². The number of aliphatic hydroxyl groups is 1. The first-order valence-electron chi connectivity index (χ1n) is 13.8. The lowest BCUT2D eigenvalue weighted by Gasteiger charge is -2.29. The lowest BCUT2D eigenvalue weighted by atomic mass is 9.98. The molecule has 0 bridgehead atoms. The summed E-state index contributed by atoms with van der Waals surface area (Å²) < 4.78 is 11.1. The maximum atomic E-state index is 14.0. The van der Waals surface area contributed by atoms with Crippen LogP contribution in [0.2, 0.25) is 0 Å². The van der Waals surface area contributed by atoms with Crippen LogP contribution in [-0.2, 0) is 11.2 Å². The van der Waals surface area contributed by atoms with Crippen LogP contribution in [0.4, 0.5) is 5.69 Å². The summed E-state index contributed by atoms with van der Waals surface area (Å²) in [5, 5.41) is 19.2. The van der Waals surface area contributed by atoms with Crippen LogP contribution >= 0.6 is 11.9 Å². The highest BCUT2D eigenvalue weighted by Gasteiger charge is 2.29. The zero-order valence-corrected chi connectivity index (χ0v) is 23.4. The van der Waals surface area contributed by atoms with Gasteiger partial charge in [-0.1, -0.05) is 62.2 Å². The van der Waals surface area contributed by atoms with Crippen molar-refractivity contribution in [2.45, 2.75) is 70.2 Å². The quantitative estimate of drug-likeness (QED) is 0.292. The number of rotatable bonds is 9. The molecule has 2 aromatic carbocycles. The average Bonchev–Trinajstić information content (AvgIpc) is 3.25. The molecule has 8 heteroatoms. The molecule has 2 aliphatic heterocycles. The normalized spacial score (nSPS) is 19.7. The summed E-state index contributed by atoms with van der Waals surface area (Å²) in [7, 11) is 0. The van der Waals surface area contributed by atoms with Gasteiger partial charge in [0.05, 0.1) is 23.3 Å². The molecule has 0 radical (unpaired) electrons. The molecule has 204 valence electrons. The minimum absolute atomic E-state index is 0.141. The van der Waals surface area contributed by atoms with Gasteiger partial charge in [0.2, 0.25) is 0 Å². The van der Waals surface area contributed by atoms with Crippen LogP contribution in [0.15, 0.2) is 48.5 Å². The van der Waals surface area contributed by atoms with Gasteiger partial charge in [0.1, 0.15) is 5.69 Å². The van der Waals surface area contributed by atoms with E-state index >= 15 is 0 Å². The largest absolute Gasteiger partial charge is 0.390 e. The van der Waals surface area contributed by atoms with E-state index in [-0.39, 0.29) is 11.9 Å². The van der Waals surface area contributed by atoms with E-state index in [1.807, 2.05) is 36.4 Å². The molecule has 3 aromatic rings. The number of nitrogens with zero attached hydrogens (tertiary/aromatic N) is 1. The summed E-state index contributed by atoms with van der Waals surface area (Å²) in [6.45, 7) is 8.45. The van der Waals surface area contributed by atoms with Gasteiger partial charge in [-0.2, -0.15) is 0 Å². The maximum absolute atomic E-state index is 14.0. The fourth-order valence-electron chi connectivity index (χ4n) is 5.62. The first kappa shape index (κ1) is 27.1. The van der Waals surface area contributed by atoms with Gasteiger partial charge in [0, 0.05) is 43.0 Å². The number of hydrogen-bond donors (Lipinski definition) is 4. The number of nitrogens with one attached hydrogen (secondary N) is 3. The fraction of sp³-hybridized carbons (Fsp3) is 0.500. The molecule has 0 spiro atoms. The average molecular weight is 537 g/mol. The topological polar surface area (TPSA) is 87.6 Å². The monoisotopic (exact) mass is 536 g/mol. The summed E-state index contributed by atoms with van der Waals surface area (Å²) in [4.78, 5) is 14.0. The Morgan fingerprint density at radius 3 is 2.68 bits per heavy atom. The summed E-state index contributed by atoms with van der Waals surface area (Å²) in [5.74, 6) is 1.04. The van der Waals surface area contributed by atoms with Crippen molar-refractivity contribution in [2.24, 2.45) is 0 Å². The molecule has 4 N–H and O–H groups in total. The van der Waals surface area contributed by atoms with E-state index in [1.54, 1.807) is 11.9 Å². The van der Waals surface area contributed by atoms with Gasteiger partial charge in [0.25, 0.3) is 5.91 Å². The summed E-state index contributed by atoms with van der Waals surface area (Å²) >= 11 is 1.67. The van der Waals surface area contributed by atoms with Crippen LogP contribution in [0.1, 0.15) is 67.2 Å². The molecule has 1 unspecified atom stereocenters. The van der Waals surface area contributed by atoms with Gasteiger partial charge in [-0.25, -0.2) is 0 Å². The molecule has 2 aliphatic rings. The Kier molecular flexibility index (Phi) is 8.63. The Balaban J connectivity index is 1.44. The predicted molar refractivity (Wildman–Crippen MR) is 156 cm³/mol. The molecule has 1 amide bonds. The number of aliphatic hydroxyl groups excluding tert-OH is 1. The molecular formula is C30H40N4O3S. The van der Waals surface area contributed by atoms with Crippen LogP contribution in [0.3, 0.4) is 0 Å². The van der Waals surface area contributed by atoms with E-state index in [0.29, 0.717) is 30.6 Å². The van der Waals surface area contributed by atoms with Gasteiger partial charge < -0.3 is 29.8 Å². The highest BCUT2D eigenvalue weighted by atomic mass is 32.2. The molecule has 0 saturated carbocycles. The minimum Gasteiger partial charge on any atom is -0.390 e. The molecule has 38 heavy (non-hydrogen) atoms. The third kappa shape index (κ3) is 5.88. The molecule has 1 fully saturated rings. The van der Waals surface area contributed by atoms with E-state index < -0.39 is 12.1 Å². The highest BCUT2D eigenvalue weighted by molar-refractivity contribution is 8.00. The molecule has 7 nitrogen and oxygen atoms in total. The van der Waals surface area contributed by atoms with Gasteiger partial charge in [-0.15, -0.1) is 0 Å². The number of carbonyl (C=O) groups is 1. The predicted octanol–water partition coefficient (Wildman–Crippen LogP) is 4.87. The van der Waals surface area contributed by atoms with Crippen LogP contribution in [0.25, 0.3) is 10.9 Å². The smallest absolute Gasteiger partial charge is 0.268 e. The van der Waals surface area contributed by atoms with Crippen molar-refractivity contribution in [3.63, 3.8) is 0 Å². The number of hydrogen-bond acceptors (Lipinski definition) is 6. The standard InChI is InChI=1S/C30H40N4O3S/c1-19(2)23-9-10-25-29-24(23)16-27(34(29)20(3)18-38-33-25)30(36)32-26(15-21-7-5-4-6-8-21)28(35)17-31-22-11-13-37-14-12-22/h4-10,16,19-20,22,26,28,31,33,35H,11-15,17-18H2,1-3H3,(H,32,36)/t20?,26-,28+/m0/s1. The van der Waals surface area contributed by atoms with Crippen molar-refractivity contribution in [1.29, 1.82) is 0 Å². The van der Waals surface area contributed by atoms with Gasteiger partial charge >= 0.3 is 0 Å². The van der Waals surface area contributed by atoms with E-state index in [0.717, 1.165) is 54.0 Å². The van der Waals surface area contributed by atoms with Crippen molar-refractivity contribution in [2.75, 3.05) is 30.2 Å². The Bertz CT molecular complexity index is 1240. The third-order valence-corrected chi connectivity index (χ3v) is 8.76. The number of ether oxygens (including phenoxy) is 1. The number of benzene rings is 2. The van der Waals surface area contributed by atoms with Crippen LogP contribution in [0.5, 0.6) is 0 Å². The van der Waals surface area contributed by atoms with Gasteiger partial charge in [0.15, 0.2) is 0 Å². The number of anilines is 1. The van der Waals surface area contributed by atoms with Crippen LogP contribution in [-0.4, -0.2) is 59.3 Å². The number of amides is 1. The Hall–Kier alpha value is -2.52. The Labute approximate surface area is 229 Å². The van der Waals surface area contributed by atoms with E-state index in [4.69, 9.17) is 4.74 Å². The molecule has 1 saturated heterocycles. The fourth-order valence-corrected chi connectivity index (χ4v) is 6.41. The Morgan fingerprint density at radius 2 is 1.95 bits per heavy atom. The molecule has 0 aliphatic carbocycles. The van der Waals surface area contributed by atoms with Crippen LogP contribution < -0.4 is 15.4 Å². The van der Waals surface area contributed by atoms with E-state index in [9.17, 15) is 9.90 Å². The molecule has 1 aromatic heterocycles. The second-order valence-electron chi connectivity index (χ2n) is 10.9. The molecular weight excluding hydrogens is 496 g/mol. The second-order valence-corrected chi connectivity index (χ2v) is 11.7. The summed E-state index contributed by atoms with van der Waals surface area (Å²) in [6.07, 6.45) is 1.70. The van der Waals surface area contributed by atoms with Gasteiger partial charge in [-0.05, 0) is 55.4 Å². The lowest BCUT2D eigenvalue weighted by molar-refractivity contribution is 0.0655. The van der Waals surface area contributed by atoms with Crippen LogP contribution in [0, 0.1) is 0 Å². The first-order valence-corrected chi connectivity index (χ1v) is 14.8. The van der Waals surface area contributed by atoms with E-state index in [2.05, 4.69) is 52.8 Å². The number of aromatic nitrogens is 1. The van der Waals surface area contributed by atoms with Crippen molar-refractivity contribution >= 4 is 34.4 Å². The highest BCUT2D eigenvalue weighted by Crippen LogP contribution is 2.39. The molecule has 5 rings (SSSR count). The Morgan fingerprint density at radius 1 is 1.18 bits per heavy atom. The van der Waals surface area contributed by atoms with Crippen molar-refractivity contribution < 1.29 is 14.6 Å². The summed E-state index contributed by atoms with van der Waals surface area (Å²) in [5.41, 5.74) is 5.09. The number of carbonyl (C=O) groups excluding carboxylic acids is 1. The zero-order valence-electron chi connectivity index (χ0n) is 22.6. The minimum atomic E-state index is -0.730. The second kappa shape index (κ2) is 12.1. The van der Waals surface area contributed by atoms with E-state index in [1.165, 1.54) is 5.56 Å². The SMILES string of the molecule is CC(C)c1ccc2c3c1cc(C(=O)N[C@@H](Cc1ccccc1)[C@H](O)CNC1CCOCC1)n3C(C)CSN2. The maximum Gasteiger partial charge on any atom is 0.268 e. The molecule has 3 atom stereocenters. The lowest BCUT2D eigenvalue weighted by Crippen LogP contribution is -2.51. The first-order chi connectivity index (χ1) is 18.4. The van der Waals surface area contributed by atoms with Crippen molar-refractivity contribution in [3.8, 4) is 0 Å².